The van der Waals surface area contributed by atoms with E-state index in [4.69, 9.17) is 23.2 Å². The highest BCUT2D eigenvalue weighted by molar-refractivity contribution is 6.31. The smallest absolute Gasteiger partial charge is 0.133 e. The van der Waals surface area contributed by atoms with E-state index in [1.165, 1.54) is 0 Å². The maximum Gasteiger partial charge on any atom is 0.133 e. The van der Waals surface area contributed by atoms with Crippen molar-refractivity contribution in [3.05, 3.63) is 46.3 Å². The number of aromatic nitrogens is 2. The molecular weight excluding hydrogens is 255 g/mol. The van der Waals surface area contributed by atoms with Gasteiger partial charge in [0.2, 0.25) is 0 Å². The molecule has 0 amide bonds. The van der Waals surface area contributed by atoms with Crippen LogP contribution in [0.3, 0.4) is 0 Å². The number of hydrogen-bond donors (Lipinski definition) is 0. The van der Waals surface area contributed by atoms with Gasteiger partial charge in [0, 0.05) is 22.6 Å². The van der Waals surface area contributed by atoms with Gasteiger partial charge in [-0.1, -0.05) is 49.2 Å². The number of nitrogens with zero attached hydrogens (tertiary/aromatic N) is 2. The van der Waals surface area contributed by atoms with Gasteiger partial charge in [-0.15, -0.1) is 0 Å². The number of halogens is 2. The zero-order valence-corrected chi connectivity index (χ0v) is 11.1. The predicted octanol–water partition coefficient (Wildman–Crippen LogP) is 4.57. The number of hydrogen-bond acceptors (Lipinski definition) is 2. The van der Waals surface area contributed by atoms with E-state index in [9.17, 15) is 0 Å². The third-order valence-electron chi connectivity index (χ3n) is 2.35. The fraction of sp³-hybridized carbons (Fsp3) is 0.231. The van der Waals surface area contributed by atoms with Crippen molar-refractivity contribution in [2.24, 2.45) is 0 Å². The van der Waals surface area contributed by atoms with Crippen molar-refractivity contribution in [1.29, 1.82) is 0 Å². The van der Waals surface area contributed by atoms with Gasteiger partial charge in [0.1, 0.15) is 11.0 Å². The second-order valence-electron chi connectivity index (χ2n) is 4.10. The van der Waals surface area contributed by atoms with Crippen molar-refractivity contribution < 1.29 is 0 Å². The van der Waals surface area contributed by atoms with Crippen LogP contribution in [0.15, 0.2) is 30.3 Å². The lowest BCUT2D eigenvalue weighted by atomic mass is 10.1. The van der Waals surface area contributed by atoms with Crippen molar-refractivity contribution >= 4 is 23.2 Å². The first-order valence-corrected chi connectivity index (χ1v) is 6.12. The Labute approximate surface area is 111 Å². The Hall–Kier alpha value is -1.12. The summed E-state index contributed by atoms with van der Waals surface area (Å²) in [6, 6.07) is 9.29. The van der Waals surface area contributed by atoms with Gasteiger partial charge in [-0.05, 0) is 12.1 Å². The molecule has 0 N–H and O–H groups in total. The second-order valence-corrected chi connectivity index (χ2v) is 4.92. The first-order chi connectivity index (χ1) is 8.06. The van der Waals surface area contributed by atoms with Crippen molar-refractivity contribution in [2.45, 2.75) is 19.8 Å². The Morgan fingerprint density at radius 1 is 1.06 bits per heavy atom. The van der Waals surface area contributed by atoms with Gasteiger partial charge in [-0.25, -0.2) is 9.97 Å². The highest BCUT2D eigenvalue weighted by Crippen LogP contribution is 2.24. The van der Waals surface area contributed by atoms with Gasteiger partial charge in [0.15, 0.2) is 0 Å². The van der Waals surface area contributed by atoms with Crippen molar-refractivity contribution in [1.82, 2.24) is 9.97 Å². The fourth-order valence-corrected chi connectivity index (χ4v) is 1.87. The van der Waals surface area contributed by atoms with Crippen molar-refractivity contribution in [3.63, 3.8) is 0 Å². The molecule has 0 bridgehead atoms. The minimum atomic E-state index is 0.242. The van der Waals surface area contributed by atoms with Crippen LogP contribution in [0.5, 0.6) is 0 Å². The molecule has 17 heavy (non-hydrogen) atoms. The Balaban J connectivity index is 2.52. The summed E-state index contributed by atoms with van der Waals surface area (Å²) in [5.41, 5.74) is 1.75. The first-order valence-electron chi connectivity index (χ1n) is 5.36. The van der Waals surface area contributed by atoms with Crippen LogP contribution >= 0.6 is 23.2 Å². The first kappa shape index (κ1) is 12.3. The molecule has 0 fully saturated rings. The third kappa shape index (κ3) is 2.96. The fourth-order valence-electron chi connectivity index (χ4n) is 1.49. The predicted molar refractivity (Wildman–Crippen MR) is 71.6 cm³/mol. The molecule has 1 aromatic carbocycles. The summed E-state index contributed by atoms with van der Waals surface area (Å²) in [7, 11) is 0. The number of benzene rings is 1. The van der Waals surface area contributed by atoms with Gasteiger partial charge >= 0.3 is 0 Å². The molecule has 0 aliphatic heterocycles. The van der Waals surface area contributed by atoms with Crippen LogP contribution in [-0.2, 0) is 0 Å². The molecule has 2 nitrogen and oxygen atoms in total. The molecule has 0 aliphatic rings. The lowest BCUT2D eigenvalue weighted by Gasteiger charge is -2.07. The average Bonchev–Trinajstić information content (AvgIpc) is 2.28. The zero-order chi connectivity index (χ0) is 12.4. The van der Waals surface area contributed by atoms with Crippen LogP contribution in [0.4, 0.5) is 0 Å². The molecule has 0 atom stereocenters. The van der Waals surface area contributed by atoms with E-state index in [2.05, 4.69) is 9.97 Å². The van der Waals surface area contributed by atoms with Crippen LogP contribution < -0.4 is 0 Å². The third-order valence-corrected chi connectivity index (χ3v) is 2.78. The van der Waals surface area contributed by atoms with Crippen LogP contribution in [0.1, 0.15) is 25.6 Å². The van der Waals surface area contributed by atoms with Gasteiger partial charge in [-0.3, -0.25) is 0 Å². The molecule has 0 spiro atoms. The molecule has 88 valence electrons. The van der Waals surface area contributed by atoms with Crippen LogP contribution in [0.2, 0.25) is 10.2 Å². The van der Waals surface area contributed by atoms with E-state index >= 15 is 0 Å². The van der Waals surface area contributed by atoms with Crippen LogP contribution in [0.25, 0.3) is 11.3 Å². The Kier molecular flexibility index (Phi) is 3.65. The van der Waals surface area contributed by atoms with E-state index in [0.29, 0.717) is 10.2 Å². The van der Waals surface area contributed by atoms with Crippen molar-refractivity contribution in [3.8, 4) is 11.3 Å². The minimum absolute atomic E-state index is 0.242. The summed E-state index contributed by atoms with van der Waals surface area (Å²) < 4.78 is 0. The lowest BCUT2D eigenvalue weighted by molar-refractivity contribution is 0.776. The van der Waals surface area contributed by atoms with Gasteiger partial charge < -0.3 is 0 Å². The van der Waals surface area contributed by atoms with E-state index in [-0.39, 0.29) is 5.92 Å². The van der Waals surface area contributed by atoms with E-state index in [1.807, 2.05) is 38.1 Å². The number of rotatable bonds is 2. The molecule has 0 radical (unpaired) electrons. The summed E-state index contributed by atoms with van der Waals surface area (Å²) >= 11 is 12.0. The van der Waals surface area contributed by atoms with E-state index in [1.54, 1.807) is 6.07 Å². The lowest BCUT2D eigenvalue weighted by Crippen LogP contribution is -1.99. The zero-order valence-electron chi connectivity index (χ0n) is 9.61. The molecule has 0 aliphatic carbocycles. The Bertz CT molecular complexity index is 539. The quantitative estimate of drug-likeness (QED) is 0.744. The normalized spacial score (nSPS) is 10.9. The van der Waals surface area contributed by atoms with Gasteiger partial charge in [-0.2, -0.15) is 0 Å². The summed E-state index contributed by atoms with van der Waals surface area (Å²) in [6.07, 6.45) is 0. The van der Waals surface area contributed by atoms with Crippen LogP contribution in [-0.4, -0.2) is 9.97 Å². The molecule has 2 aromatic rings. The minimum Gasteiger partial charge on any atom is -0.233 e. The maximum atomic E-state index is 6.00. The van der Waals surface area contributed by atoms with Gasteiger partial charge in [0.05, 0.1) is 5.69 Å². The highest BCUT2D eigenvalue weighted by Gasteiger charge is 2.08. The molecule has 1 aromatic heterocycles. The SMILES string of the molecule is CC(C)c1nc(Cl)cc(-c2cccc(Cl)c2)n1. The summed E-state index contributed by atoms with van der Waals surface area (Å²) in [4.78, 5) is 8.69. The summed E-state index contributed by atoms with van der Waals surface area (Å²) in [6.45, 7) is 4.07. The van der Waals surface area contributed by atoms with Crippen molar-refractivity contribution in [2.75, 3.05) is 0 Å². The Morgan fingerprint density at radius 3 is 2.47 bits per heavy atom. The molecule has 2 rings (SSSR count). The standard InChI is InChI=1S/C13H12Cl2N2/c1-8(2)13-16-11(7-12(15)17-13)9-4-3-5-10(14)6-9/h3-8H,1-2H3. The Morgan fingerprint density at radius 2 is 1.82 bits per heavy atom. The largest absolute Gasteiger partial charge is 0.233 e. The van der Waals surface area contributed by atoms with Crippen LogP contribution in [0, 0.1) is 0 Å². The summed E-state index contributed by atoms with van der Waals surface area (Å²) in [5, 5.41) is 1.14. The van der Waals surface area contributed by atoms with E-state index in [0.717, 1.165) is 17.1 Å². The molecular formula is C13H12Cl2N2. The molecule has 0 saturated carbocycles. The second kappa shape index (κ2) is 5.03. The van der Waals surface area contributed by atoms with Gasteiger partial charge in [0.25, 0.3) is 0 Å². The average molecular weight is 267 g/mol. The van der Waals surface area contributed by atoms with E-state index < -0.39 is 0 Å². The monoisotopic (exact) mass is 266 g/mol. The molecule has 4 heteroatoms. The molecule has 0 saturated heterocycles. The maximum absolute atomic E-state index is 6.00. The summed E-state index contributed by atoms with van der Waals surface area (Å²) in [5.74, 6) is 0.985. The highest BCUT2D eigenvalue weighted by atomic mass is 35.5. The molecule has 1 heterocycles. The molecule has 0 unspecified atom stereocenters. The topological polar surface area (TPSA) is 25.8 Å².